The maximum atomic E-state index is 12.3. The van der Waals surface area contributed by atoms with Crippen LogP contribution in [0.5, 0.6) is 11.5 Å². The first kappa shape index (κ1) is 16.6. The van der Waals surface area contributed by atoms with Crippen LogP contribution in [0.2, 0.25) is 0 Å². The first-order valence-electron chi connectivity index (χ1n) is 7.39. The monoisotopic (exact) mass is 350 g/mol. The first-order chi connectivity index (χ1) is 11.3. The molecule has 24 heavy (non-hydrogen) atoms. The van der Waals surface area contributed by atoms with E-state index in [0.29, 0.717) is 11.3 Å². The number of carbonyl (C=O) groups excluding carboxylic acids is 1. The van der Waals surface area contributed by atoms with E-state index in [-0.39, 0.29) is 17.0 Å². The van der Waals surface area contributed by atoms with Crippen LogP contribution in [0, 0.1) is 0 Å². The van der Waals surface area contributed by atoms with E-state index < -0.39 is 22.8 Å². The van der Waals surface area contributed by atoms with Gasteiger partial charge in [-0.2, -0.15) is 0 Å². The number of amides is 1. The molecule has 2 aliphatic heterocycles. The Bertz CT molecular complexity index is 733. The molecular formula is C16H18N2O5S. The van der Waals surface area contributed by atoms with E-state index in [1.807, 2.05) is 13.8 Å². The zero-order valence-electron chi connectivity index (χ0n) is 13.5. The zero-order chi connectivity index (χ0) is 17.6. The van der Waals surface area contributed by atoms with Gasteiger partial charge < -0.3 is 19.8 Å². The lowest BCUT2D eigenvalue weighted by Gasteiger charge is -2.41. The van der Waals surface area contributed by atoms with Gasteiger partial charge in [-0.05, 0) is 26.0 Å². The van der Waals surface area contributed by atoms with Crippen LogP contribution in [0.25, 0.3) is 0 Å². The third kappa shape index (κ3) is 2.50. The summed E-state index contributed by atoms with van der Waals surface area (Å²) in [6.45, 7) is 3.64. The smallest absolute Gasteiger partial charge is 0.327 e. The van der Waals surface area contributed by atoms with Gasteiger partial charge in [0.15, 0.2) is 6.04 Å². The molecular weight excluding hydrogens is 332 g/mol. The van der Waals surface area contributed by atoms with Gasteiger partial charge >= 0.3 is 5.97 Å². The number of phenols is 1. The number of β-lactam (4-membered cyclic amide) rings is 1. The largest absolute Gasteiger partial charge is 0.507 e. The standard InChI is InChI=1S/C16H18N2O5S/c1-16(2)12(15(21)22)18-13(20)11(14(18)24-16)17-7-8-4-5-9(23-3)6-10(8)19/h4-7,11-12,14,19H,1-3H3,(H,21,22)/t11-,12+,14-/m1/s1. The average molecular weight is 350 g/mol. The number of thioether (sulfide) groups is 1. The molecule has 2 saturated heterocycles. The Balaban J connectivity index is 1.79. The minimum atomic E-state index is -1.00. The number of rotatable bonds is 4. The molecule has 2 heterocycles. The van der Waals surface area contributed by atoms with Gasteiger partial charge in [-0.1, -0.05) is 0 Å². The van der Waals surface area contributed by atoms with Crippen molar-refractivity contribution >= 4 is 29.9 Å². The molecule has 8 heteroatoms. The topological polar surface area (TPSA) is 99.4 Å². The molecule has 2 aliphatic rings. The van der Waals surface area contributed by atoms with Gasteiger partial charge in [-0.25, -0.2) is 4.79 Å². The molecule has 3 rings (SSSR count). The predicted octanol–water partition coefficient (Wildman–Crippen LogP) is 1.34. The summed E-state index contributed by atoms with van der Waals surface area (Å²) in [6.07, 6.45) is 1.44. The molecule has 1 aromatic rings. The summed E-state index contributed by atoms with van der Waals surface area (Å²) in [5, 5.41) is 19.0. The summed E-state index contributed by atoms with van der Waals surface area (Å²) >= 11 is 1.44. The van der Waals surface area contributed by atoms with Crippen molar-refractivity contribution in [2.24, 2.45) is 4.99 Å². The Morgan fingerprint density at radius 2 is 2.17 bits per heavy atom. The zero-order valence-corrected chi connectivity index (χ0v) is 14.3. The van der Waals surface area contributed by atoms with Gasteiger partial charge in [0.05, 0.1) is 7.11 Å². The van der Waals surface area contributed by atoms with Crippen LogP contribution in [-0.2, 0) is 9.59 Å². The van der Waals surface area contributed by atoms with Crippen molar-refractivity contribution in [3.8, 4) is 11.5 Å². The van der Waals surface area contributed by atoms with Crippen molar-refractivity contribution in [1.29, 1.82) is 0 Å². The molecule has 0 spiro atoms. The molecule has 128 valence electrons. The van der Waals surface area contributed by atoms with Crippen LogP contribution in [-0.4, -0.2) is 62.5 Å². The fourth-order valence-corrected chi connectivity index (χ4v) is 4.67. The predicted molar refractivity (Wildman–Crippen MR) is 89.8 cm³/mol. The summed E-state index contributed by atoms with van der Waals surface area (Å²) in [5.74, 6) is -0.772. The van der Waals surface area contributed by atoms with E-state index in [1.165, 1.54) is 36.1 Å². The highest BCUT2D eigenvalue weighted by Gasteiger charge is 2.63. The Labute approximate surface area is 143 Å². The van der Waals surface area contributed by atoms with Crippen molar-refractivity contribution < 1.29 is 24.5 Å². The number of carboxylic acid groups (broad SMARTS) is 1. The lowest BCUT2D eigenvalue weighted by atomic mass is 9.96. The fourth-order valence-electron chi connectivity index (χ4n) is 3.05. The summed E-state index contributed by atoms with van der Waals surface area (Å²) in [7, 11) is 1.50. The number of methoxy groups -OCH3 is 1. The van der Waals surface area contributed by atoms with Crippen molar-refractivity contribution in [3.63, 3.8) is 0 Å². The highest BCUT2D eigenvalue weighted by atomic mass is 32.2. The number of carbonyl (C=O) groups is 2. The SMILES string of the molecule is COc1ccc(C=N[C@@H]2C(=O)N3[C@@H]2SC(C)(C)[C@@H]3C(=O)O)c(O)c1. The van der Waals surface area contributed by atoms with Gasteiger partial charge in [0.2, 0.25) is 0 Å². The molecule has 0 radical (unpaired) electrons. The molecule has 0 bridgehead atoms. The number of aliphatic carboxylic acids is 1. The van der Waals surface area contributed by atoms with Crippen LogP contribution in [0.15, 0.2) is 23.2 Å². The fraction of sp³-hybridized carbons (Fsp3) is 0.438. The summed E-state index contributed by atoms with van der Waals surface area (Å²) in [5.41, 5.74) is 0.471. The molecule has 2 fully saturated rings. The molecule has 1 amide bonds. The highest BCUT2D eigenvalue weighted by Crippen LogP contribution is 2.51. The van der Waals surface area contributed by atoms with Crippen LogP contribution in [0.1, 0.15) is 19.4 Å². The van der Waals surface area contributed by atoms with E-state index in [1.54, 1.807) is 12.1 Å². The number of ether oxygens (including phenoxy) is 1. The lowest BCUT2D eigenvalue weighted by Crippen LogP contribution is -2.64. The first-order valence-corrected chi connectivity index (χ1v) is 8.27. The number of aromatic hydroxyl groups is 1. The van der Waals surface area contributed by atoms with Gasteiger partial charge in [-0.15, -0.1) is 11.8 Å². The number of carboxylic acids is 1. The third-order valence-corrected chi connectivity index (χ3v) is 5.82. The van der Waals surface area contributed by atoms with Crippen molar-refractivity contribution in [2.45, 2.75) is 36.1 Å². The Hall–Kier alpha value is -2.22. The van der Waals surface area contributed by atoms with Gasteiger partial charge in [0.25, 0.3) is 5.91 Å². The molecule has 0 unspecified atom stereocenters. The maximum absolute atomic E-state index is 12.3. The number of benzene rings is 1. The van der Waals surface area contributed by atoms with Gasteiger partial charge in [0, 0.05) is 22.6 Å². The summed E-state index contributed by atoms with van der Waals surface area (Å²) < 4.78 is 4.44. The van der Waals surface area contributed by atoms with Gasteiger partial charge in [-0.3, -0.25) is 9.79 Å². The minimum absolute atomic E-state index is 0.00421. The quantitative estimate of drug-likeness (QED) is 0.628. The van der Waals surface area contributed by atoms with Crippen LogP contribution >= 0.6 is 11.8 Å². The lowest BCUT2D eigenvalue weighted by molar-refractivity contribution is -0.158. The van der Waals surface area contributed by atoms with E-state index in [9.17, 15) is 19.8 Å². The second-order valence-electron chi connectivity index (χ2n) is 6.25. The van der Waals surface area contributed by atoms with E-state index >= 15 is 0 Å². The number of phenolic OH excluding ortho intramolecular Hbond substituents is 1. The Kier molecular flexibility index (Phi) is 3.95. The Morgan fingerprint density at radius 1 is 1.46 bits per heavy atom. The molecule has 7 nitrogen and oxygen atoms in total. The van der Waals surface area contributed by atoms with E-state index in [4.69, 9.17) is 4.74 Å². The molecule has 2 N–H and O–H groups in total. The van der Waals surface area contributed by atoms with Crippen LogP contribution in [0.3, 0.4) is 0 Å². The van der Waals surface area contributed by atoms with E-state index in [2.05, 4.69) is 4.99 Å². The maximum Gasteiger partial charge on any atom is 0.327 e. The number of aliphatic imine (C=N–C) groups is 1. The van der Waals surface area contributed by atoms with Crippen LogP contribution in [0.4, 0.5) is 0 Å². The molecule has 0 aliphatic carbocycles. The van der Waals surface area contributed by atoms with Crippen LogP contribution < -0.4 is 4.74 Å². The van der Waals surface area contributed by atoms with Gasteiger partial charge in [0.1, 0.15) is 22.9 Å². The van der Waals surface area contributed by atoms with E-state index in [0.717, 1.165) is 0 Å². The van der Waals surface area contributed by atoms with Crippen molar-refractivity contribution in [2.75, 3.05) is 7.11 Å². The molecule has 1 aromatic carbocycles. The molecule has 0 saturated carbocycles. The summed E-state index contributed by atoms with van der Waals surface area (Å²) in [6, 6.07) is 3.32. The van der Waals surface area contributed by atoms with Crippen molar-refractivity contribution in [1.82, 2.24) is 4.90 Å². The average Bonchev–Trinajstić information content (AvgIpc) is 2.77. The number of hydrogen-bond acceptors (Lipinski definition) is 6. The second kappa shape index (κ2) is 5.70. The normalized spacial score (nSPS) is 27.9. The highest BCUT2D eigenvalue weighted by molar-refractivity contribution is 8.01. The second-order valence-corrected chi connectivity index (χ2v) is 8.02. The number of hydrogen-bond donors (Lipinski definition) is 2. The number of nitrogens with zero attached hydrogens (tertiary/aromatic N) is 2. The molecule has 3 atom stereocenters. The Morgan fingerprint density at radius 3 is 2.75 bits per heavy atom. The molecule has 0 aromatic heterocycles. The third-order valence-electron chi connectivity index (χ3n) is 4.26. The van der Waals surface area contributed by atoms with Crippen molar-refractivity contribution in [3.05, 3.63) is 23.8 Å². The minimum Gasteiger partial charge on any atom is -0.507 e. The number of fused-ring (bicyclic) bond motifs is 1. The summed E-state index contributed by atoms with van der Waals surface area (Å²) in [4.78, 5) is 29.4.